The van der Waals surface area contributed by atoms with Gasteiger partial charge in [-0.05, 0) is 50.5 Å². The molecule has 0 aliphatic heterocycles. The number of nitrogens with zero attached hydrogens (tertiary/aromatic N) is 1. The molecule has 0 unspecified atom stereocenters. The van der Waals surface area contributed by atoms with Crippen LogP contribution in [0.1, 0.15) is 60.1 Å². The highest BCUT2D eigenvalue weighted by Crippen LogP contribution is 2.32. The van der Waals surface area contributed by atoms with E-state index in [1.807, 2.05) is 25.1 Å². The molecule has 4 aromatic rings. The maximum Gasteiger partial charge on any atom is 0.274 e. The molecule has 13 nitrogen and oxygen atoms in total. The van der Waals surface area contributed by atoms with E-state index in [0.717, 1.165) is 27.3 Å². The van der Waals surface area contributed by atoms with Crippen molar-refractivity contribution in [3.63, 3.8) is 0 Å². The summed E-state index contributed by atoms with van der Waals surface area (Å²) in [5.74, 6) is -0.625. The van der Waals surface area contributed by atoms with E-state index in [2.05, 4.69) is 31.3 Å². The first-order chi connectivity index (χ1) is 22.0. The Morgan fingerprint density at radius 3 is 2.15 bits per heavy atom. The summed E-state index contributed by atoms with van der Waals surface area (Å²) >= 11 is 7.51. The number of benzene rings is 1. The van der Waals surface area contributed by atoms with E-state index in [9.17, 15) is 24.0 Å². The zero-order valence-electron chi connectivity index (χ0n) is 25.7. The molecule has 46 heavy (non-hydrogen) atoms. The van der Waals surface area contributed by atoms with E-state index < -0.39 is 23.6 Å². The summed E-state index contributed by atoms with van der Waals surface area (Å²) in [7, 11) is 0. The highest BCUT2D eigenvalue weighted by molar-refractivity contribution is 7.99. The lowest BCUT2D eigenvalue weighted by atomic mass is 10.0. The van der Waals surface area contributed by atoms with Gasteiger partial charge in [-0.1, -0.05) is 12.1 Å². The SMILES string of the molecule is Cc1cc(-c2cn(NC=O)c(C(=O)Nc3c[nH]c(C(=O)Nc4c[nH]c(C(=O)NCCC(N)=O)c4C)c3C)c2C)ccc1SCCCl. The molecular weight excluding hydrogens is 632 g/mol. The van der Waals surface area contributed by atoms with Gasteiger partial charge in [-0.25, -0.2) is 0 Å². The zero-order valence-corrected chi connectivity index (χ0v) is 27.3. The number of primary amides is 1. The summed E-state index contributed by atoms with van der Waals surface area (Å²) in [4.78, 5) is 68.4. The van der Waals surface area contributed by atoms with Crippen LogP contribution in [0.4, 0.5) is 11.4 Å². The second-order valence-electron chi connectivity index (χ2n) is 10.4. The largest absolute Gasteiger partial charge is 0.370 e. The van der Waals surface area contributed by atoms with Gasteiger partial charge in [0, 0.05) is 64.8 Å². The molecule has 5 amide bonds. The number of nitrogens with two attached hydrogens (primary N) is 1. The van der Waals surface area contributed by atoms with E-state index in [4.69, 9.17) is 17.3 Å². The van der Waals surface area contributed by atoms with Crippen LogP contribution in [-0.2, 0) is 9.59 Å². The summed E-state index contributed by atoms with van der Waals surface area (Å²) in [6, 6.07) is 6.00. The number of hydrogen-bond acceptors (Lipinski definition) is 6. The van der Waals surface area contributed by atoms with Crippen LogP contribution in [0.15, 0.2) is 41.7 Å². The Morgan fingerprint density at radius 2 is 1.57 bits per heavy atom. The second-order valence-corrected chi connectivity index (χ2v) is 12.0. The summed E-state index contributed by atoms with van der Waals surface area (Å²) in [6.45, 7) is 7.23. The molecule has 15 heteroatoms. The average Bonchev–Trinajstić information content (AvgIpc) is 3.66. The van der Waals surface area contributed by atoms with Gasteiger partial charge in [0.15, 0.2) is 0 Å². The highest BCUT2D eigenvalue weighted by Gasteiger charge is 2.24. The Labute approximate surface area is 274 Å². The van der Waals surface area contributed by atoms with Gasteiger partial charge >= 0.3 is 0 Å². The highest BCUT2D eigenvalue weighted by atomic mass is 35.5. The number of anilines is 2. The molecule has 1 aromatic carbocycles. The molecule has 0 saturated heterocycles. The fourth-order valence-corrected chi connectivity index (χ4v) is 5.91. The zero-order chi connectivity index (χ0) is 33.5. The van der Waals surface area contributed by atoms with Crippen LogP contribution in [0.5, 0.6) is 0 Å². The first-order valence-corrected chi connectivity index (χ1v) is 15.8. The second kappa shape index (κ2) is 14.9. The lowest BCUT2D eigenvalue weighted by Gasteiger charge is -2.10. The lowest BCUT2D eigenvalue weighted by molar-refractivity contribution is -0.117. The first-order valence-electron chi connectivity index (χ1n) is 14.2. The van der Waals surface area contributed by atoms with Crippen molar-refractivity contribution in [3.8, 4) is 11.1 Å². The van der Waals surface area contributed by atoms with Gasteiger partial charge in [0.05, 0.1) is 11.4 Å². The minimum absolute atomic E-state index is 0.00278. The van der Waals surface area contributed by atoms with E-state index in [1.54, 1.807) is 38.7 Å². The number of rotatable bonds is 14. The van der Waals surface area contributed by atoms with Crippen molar-refractivity contribution in [2.75, 3.05) is 34.2 Å². The topological polar surface area (TPSA) is 196 Å². The number of H-pyrrole nitrogens is 2. The maximum absolute atomic E-state index is 13.6. The molecule has 3 aromatic heterocycles. The van der Waals surface area contributed by atoms with Gasteiger partial charge in [-0.3, -0.25) is 34.1 Å². The van der Waals surface area contributed by atoms with Crippen LogP contribution < -0.4 is 27.1 Å². The Hall–Kier alpha value is -4.95. The molecule has 0 spiro atoms. The third kappa shape index (κ3) is 7.46. The van der Waals surface area contributed by atoms with Crippen LogP contribution in [0, 0.1) is 27.7 Å². The number of alkyl halides is 1. The van der Waals surface area contributed by atoms with Gasteiger partial charge in [-0.15, -0.1) is 23.4 Å². The number of amides is 5. The molecule has 4 rings (SSSR count). The summed E-state index contributed by atoms with van der Waals surface area (Å²) < 4.78 is 1.37. The summed E-state index contributed by atoms with van der Waals surface area (Å²) in [5.41, 5.74) is 13.4. The minimum atomic E-state index is -0.533. The molecule has 0 bridgehead atoms. The molecule has 0 radical (unpaired) electrons. The Kier molecular flexibility index (Phi) is 11.0. The van der Waals surface area contributed by atoms with Crippen LogP contribution in [0.25, 0.3) is 11.1 Å². The Morgan fingerprint density at radius 1 is 0.935 bits per heavy atom. The van der Waals surface area contributed by atoms with Gasteiger partial charge in [-0.2, -0.15) is 0 Å². The van der Waals surface area contributed by atoms with Crippen molar-refractivity contribution in [2.45, 2.75) is 39.0 Å². The van der Waals surface area contributed by atoms with Crippen LogP contribution in [0.2, 0.25) is 0 Å². The number of carbonyl (C=O) groups is 5. The molecule has 242 valence electrons. The Bertz CT molecular complexity index is 1810. The number of aromatic amines is 2. The van der Waals surface area contributed by atoms with E-state index in [-0.39, 0.29) is 30.0 Å². The van der Waals surface area contributed by atoms with E-state index in [1.165, 1.54) is 17.1 Å². The number of thioether (sulfide) groups is 1. The van der Waals surface area contributed by atoms with Crippen molar-refractivity contribution < 1.29 is 24.0 Å². The third-order valence-corrected chi connectivity index (χ3v) is 8.96. The number of nitrogens with one attached hydrogen (secondary N) is 6. The van der Waals surface area contributed by atoms with Crippen LogP contribution in [0.3, 0.4) is 0 Å². The van der Waals surface area contributed by atoms with Crippen molar-refractivity contribution in [1.29, 1.82) is 0 Å². The normalized spacial score (nSPS) is 10.8. The Balaban J connectivity index is 1.51. The van der Waals surface area contributed by atoms with Gasteiger partial charge < -0.3 is 31.7 Å². The third-order valence-electron chi connectivity index (χ3n) is 7.37. The lowest BCUT2D eigenvalue weighted by Crippen LogP contribution is -2.28. The molecule has 3 heterocycles. The van der Waals surface area contributed by atoms with Crippen molar-refractivity contribution >= 4 is 64.8 Å². The number of carbonyl (C=O) groups excluding carboxylic acids is 5. The maximum atomic E-state index is 13.6. The predicted molar refractivity (Wildman–Crippen MR) is 179 cm³/mol. The van der Waals surface area contributed by atoms with Crippen LogP contribution in [-0.4, -0.2) is 62.9 Å². The summed E-state index contributed by atoms with van der Waals surface area (Å²) in [5, 5.41) is 8.19. The fraction of sp³-hybridized carbons (Fsp3) is 0.258. The first kappa shape index (κ1) is 33.9. The van der Waals surface area contributed by atoms with E-state index in [0.29, 0.717) is 40.4 Å². The van der Waals surface area contributed by atoms with Crippen LogP contribution >= 0.6 is 23.4 Å². The number of hydrogen-bond donors (Lipinski definition) is 7. The molecule has 0 aliphatic rings. The molecule has 0 fully saturated rings. The summed E-state index contributed by atoms with van der Waals surface area (Å²) in [6.07, 6.45) is 5.16. The minimum Gasteiger partial charge on any atom is -0.370 e. The van der Waals surface area contributed by atoms with Gasteiger partial charge in [0.1, 0.15) is 17.1 Å². The quantitative estimate of drug-likeness (QED) is 0.0598. The fourth-order valence-electron chi connectivity index (χ4n) is 4.93. The van der Waals surface area contributed by atoms with Crippen molar-refractivity contribution in [3.05, 3.63) is 76.1 Å². The number of halogens is 1. The predicted octanol–water partition coefficient (Wildman–Crippen LogP) is 4.19. The number of aryl methyl sites for hydroxylation is 1. The molecule has 0 saturated carbocycles. The van der Waals surface area contributed by atoms with Gasteiger partial charge in [0.2, 0.25) is 12.3 Å². The van der Waals surface area contributed by atoms with Gasteiger partial charge in [0.25, 0.3) is 17.7 Å². The monoisotopic (exact) mass is 666 g/mol. The average molecular weight is 667 g/mol. The smallest absolute Gasteiger partial charge is 0.274 e. The van der Waals surface area contributed by atoms with E-state index >= 15 is 0 Å². The van der Waals surface area contributed by atoms with Crippen molar-refractivity contribution in [2.24, 2.45) is 5.73 Å². The molecule has 0 aliphatic carbocycles. The molecular formula is C31H35ClN8O5S. The molecule has 0 atom stereocenters. The standard InChI is InChI=1S/C31H35ClN8O5S/c1-16-11-20(5-6-24(16)46-10-8-32)21-14-40(37-15-41)28(17(21)2)31(45)39-23-13-36-27(19(23)4)30(44)38-22-12-35-26(18(22)3)29(43)34-9-7-25(33)42/h5-6,11-15,35-36H,7-10H2,1-4H3,(H2,33,42)(H,34,43)(H,37,41)(H,38,44)(H,39,45). The molecule has 8 N–H and O–H groups in total. The van der Waals surface area contributed by atoms with Crippen molar-refractivity contribution in [1.82, 2.24) is 20.0 Å². The number of aromatic nitrogens is 3.